The Hall–Kier alpha value is -4.23. The number of nitrogen functional groups attached to an aromatic ring is 2. The van der Waals surface area contributed by atoms with Crippen molar-refractivity contribution < 1.29 is 19.1 Å². The predicted octanol–water partition coefficient (Wildman–Crippen LogP) is 1.81. The minimum atomic E-state index is -0.600. The summed E-state index contributed by atoms with van der Waals surface area (Å²) in [7, 11) is 0. The number of likely N-dealkylation sites (tertiary alicyclic amines) is 1. The van der Waals surface area contributed by atoms with Gasteiger partial charge >= 0.3 is 5.91 Å². The molecule has 3 aliphatic heterocycles. The molecule has 3 aliphatic rings. The summed E-state index contributed by atoms with van der Waals surface area (Å²) in [5.74, 6) is -0.0993. The lowest BCUT2D eigenvalue weighted by Gasteiger charge is -2.38. The Morgan fingerprint density at radius 2 is 2.00 bits per heavy atom. The molecule has 6 rings (SSSR count). The molecule has 1 unspecified atom stereocenters. The van der Waals surface area contributed by atoms with Crippen LogP contribution in [0.3, 0.4) is 0 Å². The van der Waals surface area contributed by atoms with Crippen molar-refractivity contribution in [3.05, 3.63) is 47.4 Å². The lowest BCUT2D eigenvalue weighted by molar-refractivity contribution is -0.163. The van der Waals surface area contributed by atoms with Crippen LogP contribution in [0.5, 0.6) is 0 Å². The summed E-state index contributed by atoms with van der Waals surface area (Å²) in [5.41, 5.74) is 13.4. The number of piperidine rings is 1. The number of rotatable bonds is 6. The van der Waals surface area contributed by atoms with Crippen molar-refractivity contribution in [3.8, 4) is 0 Å². The van der Waals surface area contributed by atoms with Crippen LogP contribution >= 0.6 is 0 Å². The molecule has 3 aromatic rings. The largest absolute Gasteiger partial charge is 0.382 e. The average molecular weight is 576 g/mol. The predicted molar refractivity (Wildman–Crippen MR) is 158 cm³/mol. The summed E-state index contributed by atoms with van der Waals surface area (Å²) in [6.07, 6.45) is 6.48. The second kappa shape index (κ2) is 11.6. The van der Waals surface area contributed by atoms with Crippen LogP contribution in [0.2, 0.25) is 0 Å². The number of benzene rings is 1. The Morgan fingerprint density at radius 3 is 2.79 bits per heavy atom. The van der Waals surface area contributed by atoms with E-state index in [0.29, 0.717) is 62.8 Å². The molecule has 2 amide bonds. The van der Waals surface area contributed by atoms with Gasteiger partial charge in [0.05, 0.1) is 17.8 Å². The molecule has 0 radical (unpaired) electrons. The number of fused-ring (bicyclic) bond motifs is 1. The van der Waals surface area contributed by atoms with Crippen LogP contribution in [-0.4, -0.2) is 81.9 Å². The molecule has 3 fully saturated rings. The van der Waals surface area contributed by atoms with E-state index in [-0.39, 0.29) is 35.1 Å². The van der Waals surface area contributed by atoms with Gasteiger partial charge in [0.15, 0.2) is 23.8 Å². The number of anilines is 2. The van der Waals surface area contributed by atoms with Gasteiger partial charge < -0.3 is 41.0 Å². The first-order valence-electron chi connectivity index (χ1n) is 14.5. The molecule has 2 aromatic heterocycles. The smallest absolute Gasteiger partial charge is 0.302 e. The molecular formula is C29H37N9O4. The number of nitrogens with zero attached hydrogens (tertiary/aromatic N) is 5. The Kier molecular flexibility index (Phi) is 7.69. The summed E-state index contributed by atoms with van der Waals surface area (Å²) in [5, 5.41) is 7.49. The monoisotopic (exact) mass is 575 g/mol. The van der Waals surface area contributed by atoms with Crippen LogP contribution in [0.1, 0.15) is 58.6 Å². The number of guanidine groups is 1. The summed E-state index contributed by atoms with van der Waals surface area (Å²) in [6, 6.07) is 7.87. The van der Waals surface area contributed by atoms with Gasteiger partial charge in [0, 0.05) is 55.4 Å². The highest BCUT2D eigenvalue weighted by molar-refractivity contribution is 6.07. The van der Waals surface area contributed by atoms with Gasteiger partial charge in [-0.15, -0.1) is 0 Å². The maximum atomic E-state index is 13.6. The van der Waals surface area contributed by atoms with Crippen molar-refractivity contribution in [2.45, 2.75) is 57.4 Å². The van der Waals surface area contributed by atoms with E-state index in [0.717, 1.165) is 36.8 Å². The number of amides is 2. The number of ether oxygens (including phenoxy) is 2. The Labute approximate surface area is 243 Å². The minimum Gasteiger partial charge on any atom is -0.382 e. The third-order valence-electron chi connectivity index (χ3n) is 8.35. The number of carbonyl (C=O) groups excluding carboxylic acids is 2. The van der Waals surface area contributed by atoms with E-state index < -0.39 is 5.91 Å². The van der Waals surface area contributed by atoms with Crippen LogP contribution in [0.4, 0.5) is 11.6 Å². The van der Waals surface area contributed by atoms with Gasteiger partial charge in [-0.3, -0.25) is 9.59 Å². The van der Waals surface area contributed by atoms with Gasteiger partial charge in [-0.2, -0.15) is 4.99 Å². The molecule has 1 atom stereocenters. The molecule has 5 heterocycles. The first kappa shape index (κ1) is 27.9. The van der Waals surface area contributed by atoms with E-state index in [1.807, 2.05) is 35.4 Å². The standard InChI is InChI=1S/C29H37N9O4/c1-18-24(30)34-25(31)23(33-18)26(39)35-28-32-17-29(36-28)9-12-38(13-10-29)27(40)20-5-4-6-21-19(20)8-11-37(21)14-16-42-22-7-2-3-15-41-22/h4-6,8,11,22H,2-3,7,9-10,12-17H2,1H3,(H4,30,31,34)(H2,32,35,36,39). The Bertz CT molecular complexity index is 1520. The van der Waals surface area contributed by atoms with Crippen molar-refractivity contribution in [3.63, 3.8) is 0 Å². The molecule has 0 bridgehead atoms. The number of nitrogens with one attached hydrogen (secondary N) is 2. The van der Waals surface area contributed by atoms with Crippen LogP contribution in [-0.2, 0) is 16.0 Å². The summed E-state index contributed by atoms with van der Waals surface area (Å²) < 4.78 is 13.7. The van der Waals surface area contributed by atoms with Gasteiger partial charge in [-0.25, -0.2) is 9.97 Å². The van der Waals surface area contributed by atoms with E-state index in [4.69, 9.17) is 20.9 Å². The average Bonchev–Trinajstić information content (AvgIpc) is 3.59. The maximum absolute atomic E-state index is 13.6. The fraction of sp³-hybridized carbons (Fsp3) is 0.483. The zero-order chi connectivity index (χ0) is 29.3. The SMILES string of the molecule is Cc1nc(C(=O)/N=C2\NCC3(CCN(C(=O)c4cccc5c4ccn5CCOC4CCCCO4)CC3)N2)c(N)nc1N. The lowest BCUT2D eigenvalue weighted by atomic mass is 9.88. The molecule has 0 aliphatic carbocycles. The Morgan fingerprint density at radius 1 is 1.17 bits per heavy atom. The van der Waals surface area contributed by atoms with Gasteiger partial charge in [-0.05, 0) is 57.2 Å². The lowest BCUT2D eigenvalue weighted by Crippen LogP contribution is -2.53. The first-order chi connectivity index (χ1) is 20.3. The summed E-state index contributed by atoms with van der Waals surface area (Å²) >= 11 is 0. The summed E-state index contributed by atoms with van der Waals surface area (Å²) in [4.78, 5) is 40.5. The highest BCUT2D eigenvalue weighted by Crippen LogP contribution is 2.28. The van der Waals surface area contributed by atoms with Crippen molar-refractivity contribution in [2.24, 2.45) is 4.99 Å². The second-order valence-corrected chi connectivity index (χ2v) is 11.2. The molecule has 222 valence electrons. The number of hydrogen-bond acceptors (Lipinski definition) is 8. The molecule has 42 heavy (non-hydrogen) atoms. The van der Waals surface area contributed by atoms with Gasteiger partial charge in [-0.1, -0.05) is 6.07 Å². The highest BCUT2D eigenvalue weighted by Gasteiger charge is 2.41. The maximum Gasteiger partial charge on any atom is 0.302 e. The molecule has 0 saturated carbocycles. The van der Waals surface area contributed by atoms with Crippen molar-refractivity contribution in [2.75, 3.05) is 44.3 Å². The van der Waals surface area contributed by atoms with E-state index in [9.17, 15) is 9.59 Å². The van der Waals surface area contributed by atoms with Crippen molar-refractivity contribution in [1.29, 1.82) is 0 Å². The third kappa shape index (κ3) is 5.61. The fourth-order valence-corrected chi connectivity index (χ4v) is 5.86. The molecule has 3 saturated heterocycles. The van der Waals surface area contributed by atoms with Crippen LogP contribution in [0, 0.1) is 6.92 Å². The zero-order valence-electron chi connectivity index (χ0n) is 23.8. The quantitative estimate of drug-likeness (QED) is 0.339. The fourth-order valence-electron chi connectivity index (χ4n) is 5.86. The molecular weight excluding hydrogens is 538 g/mol. The van der Waals surface area contributed by atoms with E-state index in [2.05, 4.69) is 30.2 Å². The van der Waals surface area contributed by atoms with Crippen LogP contribution < -0.4 is 22.1 Å². The number of carbonyl (C=O) groups is 2. The van der Waals surface area contributed by atoms with Gasteiger partial charge in [0.25, 0.3) is 5.91 Å². The highest BCUT2D eigenvalue weighted by atomic mass is 16.7. The third-order valence-corrected chi connectivity index (χ3v) is 8.35. The Balaban J connectivity index is 1.07. The molecule has 6 N–H and O–H groups in total. The van der Waals surface area contributed by atoms with E-state index in [1.165, 1.54) is 0 Å². The van der Waals surface area contributed by atoms with Gasteiger partial charge in [0.2, 0.25) is 0 Å². The summed E-state index contributed by atoms with van der Waals surface area (Å²) in [6.45, 7) is 5.41. The minimum absolute atomic E-state index is 0.0165. The van der Waals surface area contributed by atoms with Crippen LogP contribution in [0.25, 0.3) is 10.9 Å². The van der Waals surface area contributed by atoms with E-state index in [1.54, 1.807) is 6.92 Å². The number of hydrogen-bond donors (Lipinski definition) is 4. The van der Waals surface area contributed by atoms with Crippen molar-refractivity contribution in [1.82, 2.24) is 30.1 Å². The number of nitrogens with two attached hydrogens (primary N) is 2. The van der Waals surface area contributed by atoms with Gasteiger partial charge in [0.1, 0.15) is 5.82 Å². The van der Waals surface area contributed by atoms with Crippen molar-refractivity contribution >= 4 is 40.3 Å². The molecule has 1 spiro atoms. The van der Waals surface area contributed by atoms with E-state index >= 15 is 0 Å². The number of aromatic nitrogens is 3. The second-order valence-electron chi connectivity index (χ2n) is 11.2. The first-order valence-corrected chi connectivity index (χ1v) is 14.5. The number of aryl methyl sites for hydroxylation is 1. The number of aliphatic imine (C=N–C) groups is 1. The molecule has 1 aromatic carbocycles. The molecule has 13 heteroatoms. The molecule has 13 nitrogen and oxygen atoms in total. The normalized spacial score (nSPS) is 21.0. The topological polar surface area (TPSA) is 175 Å². The zero-order valence-corrected chi connectivity index (χ0v) is 23.8. The van der Waals surface area contributed by atoms with Crippen LogP contribution in [0.15, 0.2) is 35.5 Å².